The van der Waals surface area contributed by atoms with E-state index in [4.69, 9.17) is 61.5 Å². The van der Waals surface area contributed by atoms with Crippen LogP contribution in [0.3, 0.4) is 0 Å². The van der Waals surface area contributed by atoms with Gasteiger partial charge in [-0.15, -0.1) is 0 Å². The van der Waals surface area contributed by atoms with E-state index in [9.17, 15) is 31.2 Å². The van der Waals surface area contributed by atoms with Crippen molar-refractivity contribution < 1.29 is 69.5 Å². The van der Waals surface area contributed by atoms with Gasteiger partial charge < -0.3 is 57.9 Å². The van der Waals surface area contributed by atoms with Crippen molar-refractivity contribution in [3.05, 3.63) is 116 Å². The van der Waals surface area contributed by atoms with Gasteiger partial charge in [0.2, 0.25) is 26.0 Å². The molecule has 0 aromatic heterocycles. The molecule has 6 heterocycles. The molecule has 544 valence electrons. The number of carboxylic acids is 1. The highest BCUT2D eigenvalue weighted by Crippen LogP contribution is 2.41. The summed E-state index contributed by atoms with van der Waals surface area (Å²) >= 11 is 12.6. The molecular formula is C73H106Cl2N6O15S2. The molecule has 0 radical (unpaired) electrons. The number of benzene rings is 4. The van der Waals surface area contributed by atoms with E-state index < -0.39 is 49.4 Å². The van der Waals surface area contributed by atoms with Crippen LogP contribution >= 0.6 is 23.2 Å². The predicted molar refractivity (Wildman–Crippen MR) is 380 cm³/mol. The molecule has 2 amide bonds. The summed E-state index contributed by atoms with van der Waals surface area (Å²) in [5, 5.41) is 10.1. The number of aryl methyl sites for hydroxylation is 4. The largest absolute Gasteiger partial charge is 0.497 e. The zero-order valence-corrected chi connectivity index (χ0v) is 62.3. The predicted octanol–water partition coefficient (Wildman–Crippen LogP) is 11.8. The number of methoxy groups -OCH3 is 2. The number of hydrogen-bond acceptors (Lipinski definition) is 16. The molecule has 0 saturated carbocycles. The highest BCUT2D eigenvalue weighted by Gasteiger charge is 2.43. The summed E-state index contributed by atoms with van der Waals surface area (Å²) < 4.78 is 97.6. The van der Waals surface area contributed by atoms with E-state index in [0.717, 1.165) is 80.9 Å². The summed E-state index contributed by atoms with van der Waals surface area (Å²) in [6, 6.07) is 22.1. The van der Waals surface area contributed by atoms with Crippen LogP contribution in [0.5, 0.6) is 11.5 Å². The number of likely N-dealkylation sites (tertiary alicyclic amines) is 4. The van der Waals surface area contributed by atoms with Gasteiger partial charge in [0.1, 0.15) is 30.3 Å². The maximum absolute atomic E-state index is 13.9. The molecule has 4 aromatic rings. The number of hydrogen-bond donors (Lipinski definition) is 1. The van der Waals surface area contributed by atoms with Gasteiger partial charge in [-0.05, 0) is 234 Å². The molecule has 0 bridgehead atoms. The number of piperidine rings is 4. The summed E-state index contributed by atoms with van der Waals surface area (Å²) in [7, 11) is -4.33. The van der Waals surface area contributed by atoms with Gasteiger partial charge in [0.05, 0.1) is 61.6 Å². The van der Waals surface area contributed by atoms with E-state index in [1.54, 1.807) is 75.4 Å². The van der Waals surface area contributed by atoms with Gasteiger partial charge in [-0.25, -0.2) is 26.4 Å². The number of halogens is 2. The molecule has 4 aromatic carbocycles. The van der Waals surface area contributed by atoms with Gasteiger partial charge >= 0.3 is 12.1 Å². The number of carboxylic acid groups (broad SMARTS) is 1. The van der Waals surface area contributed by atoms with Crippen molar-refractivity contribution in [3.63, 3.8) is 0 Å². The molecule has 2 atom stereocenters. The second-order valence-electron chi connectivity index (χ2n) is 27.8. The van der Waals surface area contributed by atoms with E-state index in [0.29, 0.717) is 127 Å². The third-order valence-corrected chi connectivity index (χ3v) is 24.5. The molecule has 6 aliphatic rings. The Balaban J connectivity index is 0.000000199. The molecule has 0 spiro atoms. The quantitative estimate of drug-likeness (QED) is 0.0688. The van der Waals surface area contributed by atoms with Gasteiger partial charge in [0.15, 0.2) is 0 Å². The molecule has 10 rings (SSSR count). The van der Waals surface area contributed by atoms with E-state index in [2.05, 4.69) is 21.9 Å². The van der Waals surface area contributed by atoms with Gasteiger partial charge in [-0.3, -0.25) is 4.79 Å². The van der Waals surface area contributed by atoms with Crippen LogP contribution in [0, 0.1) is 27.7 Å². The van der Waals surface area contributed by atoms with E-state index in [-0.39, 0.29) is 43.9 Å². The molecule has 98 heavy (non-hydrogen) atoms. The monoisotopic (exact) mass is 1440 g/mol. The average Bonchev–Trinajstić information content (AvgIpc) is 0.876. The number of rotatable bonds is 24. The second kappa shape index (κ2) is 36.1. The zero-order chi connectivity index (χ0) is 70.8. The van der Waals surface area contributed by atoms with Crippen molar-refractivity contribution in [2.75, 3.05) is 132 Å². The summed E-state index contributed by atoms with van der Waals surface area (Å²) in [5.41, 5.74) is 3.37. The van der Waals surface area contributed by atoms with Crippen LogP contribution < -0.4 is 9.47 Å². The van der Waals surface area contributed by atoms with Crippen LogP contribution in [0.15, 0.2) is 82.6 Å². The normalized spacial score (nSPS) is 20.4. The number of amides is 2. The summed E-state index contributed by atoms with van der Waals surface area (Å²) in [6.45, 7) is 23.5. The molecule has 25 heteroatoms. The first-order valence-electron chi connectivity index (χ1n) is 34.9. The van der Waals surface area contributed by atoms with E-state index in [1.807, 2.05) is 62.1 Å². The lowest BCUT2D eigenvalue weighted by Crippen LogP contribution is -2.49. The first kappa shape index (κ1) is 78.6. The summed E-state index contributed by atoms with van der Waals surface area (Å²) in [5.74, 6) is 0.108. The number of carbonyl (C=O) groups is 3. The van der Waals surface area contributed by atoms with Crippen LogP contribution in [0.1, 0.15) is 144 Å². The number of ether oxygens (including phenoxy) is 7. The Morgan fingerprint density at radius 2 is 0.908 bits per heavy atom. The van der Waals surface area contributed by atoms with Crippen LogP contribution in [0.4, 0.5) is 4.79 Å². The Morgan fingerprint density at radius 3 is 1.28 bits per heavy atom. The highest BCUT2D eigenvalue weighted by molar-refractivity contribution is 7.89. The van der Waals surface area contributed by atoms with Crippen molar-refractivity contribution in [2.45, 2.75) is 177 Å². The molecule has 1 N–H and O–H groups in total. The Morgan fingerprint density at radius 1 is 0.531 bits per heavy atom. The van der Waals surface area contributed by atoms with Crippen LogP contribution in [0.25, 0.3) is 0 Å². The second-order valence-corrected chi connectivity index (χ2v) is 32.3. The Hall–Kier alpha value is -5.15. The number of nitrogens with zero attached hydrogens (tertiary/aromatic N) is 6. The Kier molecular flexibility index (Phi) is 29.0. The lowest BCUT2D eigenvalue weighted by atomic mass is 9.84. The summed E-state index contributed by atoms with van der Waals surface area (Å²) in [6.07, 6.45) is 12.4. The first-order chi connectivity index (χ1) is 46.7. The molecule has 6 aliphatic heterocycles. The zero-order valence-electron chi connectivity index (χ0n) is 59.1. The van der Waals surface area contributed by atoms with Crippen LogP contribution in [-0.4, -0.2) is 218 Å². The minimum atomic E-state index is -3.75. The van der Waals surface area contributed by atoms with Crippen molar-refractivity contribution in [1.82, 2.24) is 28.2 Å². The minimum absolute atomic E-state index is 0.0784. The molecule has 6 saturated heterocycles. The highest BCUT2D eigenvalue weighted by atomic mass is 35.5. The standard InChI is InChI=1S/C34H48ClN3O6S.C22H33ClN2O3.C17H25NO6S/c1-26-21-31(42-3)22-27(2)33(26)45(40,41)38-16-5-4-11-30(38)24-43-25-32(39)37-17-12-34(13-18-37,28-9-8-10-29(35)23-28)44-20-19-36-14-6-7-15-36;1-21(2,3)28-20(26)25-13-9-22(10-14-25,18-7-6-8-19(23)17-18)27-16-15-24-11-4-5-12-24;1-12-8-15(23-3)9-13(2)17(12)25(21,22)18-7-5-4-6-14(18)10-24-11-16(19)20/h8-10,21-23,30H,4-7,11-20,24-25H2,1-3H3;6-8,17H,4-5,9-16H2,1-3H3;8-9,14H,4-7,10-11H2,1-3H3,(H,19,20)/t30-;;14-/m0.0/s1. The topological polar surface area (TPSA) is 224 Å². The minimum Gasteiger partial charge on any atom is -0.497 e. The summed E-state index contributed by atoms with van der Waals surface area (Å²) in [4.78, 5) is 45.5. The fourth-order valence-electron chi connectivity index (χ4n) is 14.5. The third kappa shape index (κ3) is 21.2. The van der Waals surface area contributed by atoms with Gasteiger partial charge in [-0.1, -0.05) is 60.3 Å². The van der Waals surface area contributed by atoms with E-state index >= 15 is 0 Å². The van der Waals surface area contributed by atoms with Gasteiger partial charge in [-0.2, -0.15) is 8.61 Å². The van der Waals surface area contributed by atoms with Crippen LogP contribution in [0.2, 0.25) is 10.0 Å². The molecule has 0 unspecified atom stereocenters. The Bertz CT molecular complexity index is 3470. The average molecular weight is 1440 g/mol. The lowest BCUT2D eigenvalue weighted by Gasteiger charge is -2.42. The van der Waals surface area contributed by atoms with Crippen LogP contribution in [-0.2, 0) is 64.5 Å². The molecular weight excluding hydrogens is 1340 g/mol. The van der Waals surface area contributed by atoms with Crippen molar-refractivity contribution in [3.8, 4) is 11.5 Å². The smallest absolute Gasteiger partial charge is 0.410 e. The van der Waals surface area contributed by atoms with Crippen molar-refractivity contribution >= 4 is 61.2 Å². The molecule has 6 fully saturated rings. The Labute approximate surface area is 592 Å². The third-order valence-electron chi connectivity index (χ3n) is 19.5. The first-order valence-corrected chi connectivity index (χ1v) is 38.5. The molecule has 0 aliphatic carbocycles. The number of carbonyl (C=O) groups excluding carboxylic acids is 2. The van der Waals surface area contributed by atoms with E-state index in [1.165, 1.54) is 43.1 Å². The fourth-order valence-corrected chi connectivity index (χ4v) is 19.1. The maximum Gasteiger partial charge on any atom is 0.410 e. The maximum atomic E-state index is 13.9. The fraction of sp³-hybridized carbons (Fsp3) is 0.630. The van der Waals surface area contributed by atoms with Gasteiger partial charge in [0, 0.05) is 74.5 Å². The SMILES string of the molecule is CC(C)(C)OC(=O)N1CCC(OCCN2CCCC2)(c2cccc(Cl)c2)CC1.COc1cc(C)c(S(=O)(=O)N2CCCC[C@H]2COCC(=O)N2CCC(OCCN3CCCC3)(c3cccc(Cl)c3)CC2)c(C)c1.COc1cc(C)c(S(=O)(=O)N2CCCC[C@H]2COCC(=O)O)c(C)c1. The lowest BCUT2D eigenvalue weighted by molar-refractivity contribution is -0.145. The van der Waals surface area contributed by atoms with Crippen molar-refractivity contribution in [1.29, 1.82) is 0 Å². The van der Waals surface area contributed by atoms with Crippen molar-refractivity contribution in [2.24, 2.45) is 0 Å². The number of aliphatic carboxylic acids is 1. The van der Waals surface area contributed by atoms with Gasteiger partial charge in [0.25, 0.3) is 0 Å². The molecule has 21 nitrogen and oxygen atoms in total. The number of sulfonamides is 2.